The van der Waals surface area contributed by atoms with E-state index in [4.69, 9.17) is 16.0 Å². The molecule has 1 amide bonds. The van der Waals surface area contributed by atoms with Gasteiger partial charge in [0.15, 0.2) is 0 Å². The van der Waals surface area contributed by atoms with Crippen LogP contribution in [0.15, 0.2) is 46.3 Å². The summed E-state index contributed by atoms with van der Waals surface area (Å²) < 4.78 is 5.76. The molecule has 2 heterocycles. The molecule has 124 valence electrons. The molecule has 0 saturated heterocycles. The Bertz CT molecular complexity index is 841. The Kier molecular flexibility index (Phi) is 5.33. The molecule has 0 saturated carbocycles. The number of hydrogen-bond acceptors (Lipinski definition) is 4. The second kappa shape index (κ2) is 7.64. The second-order valence-corrected chi connectivity index (χ2v) is 6.79. The Morgan fingerprint density at radius 1 is 1.33 bits per heavy atom. The highest BCUT2D eigenvalue weighted by Crippen LogP contribution is 2.24. The Labute approximate surface area is 149 Å². The smallest absolute Gasteiger partial charge is 0.220 e. The number of nitrogens with zero attached hydrogens (tertiary/aromatic N) is 1. The number of amides is 1. The van der Waals surface area contributed by atoms with Gasteiger partial charge in [-0.25, -0.2) is 4.98 Å². The van der Waals surface area contributed by atoms with E-state index >= 15 is 0 Å². The molecule has 0 bridgehead atoms. The number of rotatable bonds is 6. The molecular weight excluding hydrogens is 344 g/mol. The number of benzene rings is 1. The first-order valence-corrected chi connectivity index (χ1v) is 8.88. The maximum Gasteiger partial charge on any atom is 0.220 e. The normalized spacial score (nSPS) is 10.8. The molecule has 0 unspecified atom stereocenters. The molecule has 6 heteroatoms. The van der Waals surface area contributed by atoms with Gasteiger partial charge >= 0.3 is 0 Å². The third-order valence-electron chi connectivity index (χ3n) is 3.65. The molecule has 0 fully saturated rings. The predicted octanol–water partition coefficient (Wildman–Crippen LogP) is 4.61. The first kappa shape index (κ1) is 16.7. The van der Waals surface area contributed by atoms with Crippen LogP contribution in [0.2, 0.25) is 5.02 Å². The number of aromatic nitrogens is 1. The summed E-state index contributed by atoms with van der Waals surface area (Å²) in [6, 6.07) is 11.2. The average Bonchev–Trinajstić information content (AvgIpc) is 3.20. The van der Waals surface area contributed by atoms with Crippen molar-refractivity contribution in [2.24, 2.45) is 0 Å². The molecule has 24 heavy (non-hydrogen) atoms. The topological polar surface area (TPSA) is 55.1 Å². The fraction of sp³-hybridized carbons (Fsp3) is 0.222. The quantitative estimate of drug-likeness (QED) is 0.698. The maximum atomic E-state index is 12.0. The number of furan rings is 1. The van der Waals surface area contributed by atoms with Crippen molar-refractivity contribution in [1.82, 2.24) is 10.3 Å². The van der Waals surface area contributed by atoms with Gasteiger partial charge in [0.25, 0.3) is 0 Å². The van der Waals surface area contributed by atoms with Crippen LogP contribution in [0.3, 0.4) is 0 Å². The van der Waals surface area contributed by atoms with E-state index < -0.39 is 0 Å². The van der Waals surface area contributed by atoms with Crippen molar-refractivity contribution in [3.63, 3.8) is 0 Å². The Hall–Kier alpha value is -2.11. The Morgan fingerprint density at radius 2 is 2.21 bits per heavy atom. The number of carbonyl (C=O) groups excluding carboxylic acids is 1. The summed E-state index contributed by atoms with van der Waals surface area (Å²) >= 11 is 7.58. The van der Waals surface area contributed by atoms with Crippen LogP contribution in [0.5, 0.6) is 0 Å². The van der Waals surface area contributed by atoms with Gasteiger partial charge in [0.05, 0.1) is 17.7 Å². The predicted molar refractivity (Wildman–Crippen MR) is 96.2 cm³/mol. The average molecular weight is 361 g/mol. The lowest BCUT2D eigenvalue weighted by molar-refractivity contribution is -0.121. The van der Waals surface area contributed by atoms with Crippen LogP contribution in [-0.2, 0) is 17.8 Å². The van der Waals surface area contributed by atoms with Gasteiger partial charge < -0.3 is 9.73 Å². The number of aryl methyl sites for hydroxylation is 2. The molecule has 3 rings (SSSR count). The van der Waals surface area contributed by atoms with Gasteiger partial charge in [0, 0.05) is 21.9 Å². The van der Waals surface area contributed by atoms with E-state index in [0.717, 1.165) is 21.9 Å². The molecule has 4 nitrogen and oxygen atoms in total. The van der Waals surface area contributed by atoms with Crippen molar-refractivity contribution in [1.29, 1.82) is 0 Å². The number of carbonyl (C=O) groups is 1. The highest BCUT2D eigenvalue weighted by molar-refractivity contribution is 7.09. The van der Waals surface area contributed by atoms with E-state index in [-0.39, 0.29) is 5.91 Å². The van der Waals surface area contributed by atoms with Crippen molar-refractivity contribution in [3.05, 3.63) is 63.3 Å². The summed E-state index contributed by atoms with van der Waals surface area (Å²) in [4.78, 5) is 17.3. The SMILES string of the molecule is Cc1ncsc1CCC(=O)NCc1ccc(-c2cccc(Cl)c2)o1. The minimum Gasteiger partial charge on any atom is -0.459 e. The lowest BCUT2D eigenvalue weighted by Crippen LogP contribution is -2.22. The number of nitrogens with one attached hydrogen (secondary N) is 1. The highest BCUT2D eigenvalue weighted by Gasteiger charge is 2.09. The lowest BCUT2D eigenvalue weighted by atomic mass is 10.2. The van der Waals surface area contributed by atoms with Crippen molar-refractivity contribution in [2.75, 3.05) is 0 Å². The molecule has 0 aliphatic heterocycles. The monoisotopic (exact) mass is 360 g/mol. The molecule has 1 N–H and O–H groups in total. The van der Waals surface area contributed by atoms with Crippen molar-refractivity contribution < 1.29 is 9.21 Å². The lowest BCUT2D eigenvalue weighted by Gasteiger charge is -2.03. The van der Waals surface area contributed by atoms with Crippen LogP contribution in [0.1, 0.15) is 22.8 Å². The molecular formula is C18H17ClN2O2S. The molecule has 1 aromatic carbocycles. The van der Waals surface area contributed by atoms with Crippen LogP contribution in [0.25, 0.3) is 11.3 Å². The maximum absolute atomic E-state index is 12.0. The minimum absolute atomic E-state index is 0.00325. The van der Waals surface area contributed by atoms with E-state index in [9.17, 15) is 4.79 Å². The standard InChI is InChI=1S/C18H17ClN2O2S/c1-12-17(24-11-21-12)7-8-18(22)20-10-15-5-6-16(23-15)13-3-2-4-14(19)9-13/h2-6,9,11H,7-8,10H2,1H3,(H,20,22). The largest absolute Gasteiger partial charge is 0.459 e. The van der Waals surface area contributed by atoms with Gasteiger partial charge in [-0.15, -0.1) is 11.3 Å². The molecule has 0 radical (unpaired) electrons. The zero-order valence-corrected chi connectivity index (χ0v) is 14.8. The molecule has 0 aliphatic rings. The summed E-state index contributed by atoms with van der Waals surface area (Å²) in [6.45, 7) is 2.34. The number of thiazole rings is 1. The summed E-state index contributed by atoms with van der Waals surface area (Å²) in [5, 5.41) is 3.55. The third-order valence-corrected chi connectivity index (χ3v) is 4.88. The zero-order valence-electron chi connectivity index (χ0n) is 13.2. The Balaban J connectivity index is 1.52. The van der Waals surface area contributed by atoms with Crippen LogP contribution in [0.4, 0.5) is 0 Å². The van der Waals surface area contributed by atoms with Gasteiger partial charge in [-0.1, -0.05) is 23.7 Å². The molecule has 2 aromatic heterocycles. The molecule has 0 spiro atoms. The molecule has 3 aromatic rings. The Morgan fingerprint density at radius 3 is 2.96 bits per heavy atom. The summed E-state index contributed by atoms with van der Waals surface area (Å²) in [7, 11) is 0. The number of hydrogen-bond donors (Lipinski definition) is 1. The number of halogens is 1. The van der Waals surface area contributed by atoms with Crippen molar-refractivity contribution in [3.8, 4) is 11.3 Å². The van der Waals surface area contributed by atoms with Crippen LogP contribution in [-0.4, -0.2) is 10.9 Å². The fourth-order valence-corrected chi connectivity index (χ4v) is 3.31. The van der Waals surface area contributed by atoms with Gasteiger partial charge in [-0.3, -0.25) is 4.79 Å². The minimum atomic E-state index is 0.00325. The van der Waals surface area contributed by atoms with Gasteiger partial charge in [0.2, 0.25) is 5.91 Å². The van der Waals surface area contributed by atoms with Gasteiger partial charge in [-0.2, -0.15) is 0 Å². The van der Waals surface area contributed by atoms with Gasteiger partial charge in [-0.05, 0) is 37.6 Å². The van der Waals surface area contributed by atoms with E-state index in [1.807, 2.05) is 48.8 Å². The first-order chi connectivity index (χ1) is 11.6. The van der Waals surface area contributed by atoms with E-state index in [2.05, 4.69) is 10.3 Å². The molecule has 0 atom stereocenters. The van der Waals surface area contributed by atoms with Crippen LogP contribution < -0.4 is 5.32 Å². The van der Waals surface area contributed by atoms with E-state index in [1.54, 1.807) is 11.3 Å². The van der Waals surface area contributed by atoms with E-state index in [1.165, 1.54) is 0 Å². The first-order valence-electron chi connectivity index (χ1n) is 7.62. The molecule has 0 aliphatic carbocycles. The fourth-order valence-electron chi connectivity index (χ4n) is 2.34. The summed E-state index contributed by atoms with van der Waals surface area (Å²) in [5.41, 5.74) is 3.73. The summed E-state index contributed by atoms with van der Waals surface area (Å²) in [6.07, 6.45) is 1.17. The van der Waals surface area contributed by atoms with Gasteiger partial charge in [0.1, 0.15) is 11.5 Å². The van der Waals surface area contributed by atoms with Crippen molar-refractivity contribution in [2.45, 2.75) is 26.3 Å². The highest BCUT2D eigenvalue weighted by atomic mass is 35.5. The zero-order chi connectivity index (χ0) is 16.9. The second-order valence-electron chi connectivity index (χ2n) is 5.41. The van der Waals surface area contributed by atoms with Crippen LogP contribution >= 0.6 is 22.9 Å². The summed E-state index contributed by atoms with van der Waals surface area (Å²) in [5.74, 6) is 1.46. The third kappa shape index (κ3) is 4.24. The van der Waals surface area contributed by atoms with Crippen molar-refractivity contribution >= 4 is 28.8 Å². The van der Waals surface area contributed by atoms with Crippen LogP contribution in [0, 0.1) is 6.92 Å². The van der Waals surface area contributed by atoms with E-state index in [0.29, 0.717) is 30.2 Å².